The van der Waals surface area contributed by atoms with E-state index in [1.807, 2.05) is 6.92 Å². The molecule has 0 heterocycles. The van der Waals surface area contributed by atoms with Crippen LogP contribution < -0.4 is 14.8 Å². The van der Waals surface area contributed by atoms with Gasteiger partial charge in [-0.05, 0) is 44.5 Å². The average Bonchev–Trinajstić information content (AvgIpc) is 2.32. The predicted octanol–water partition coefficient (Wildman–Crippen LogP) is 2.57. The molecule has 0 aliphatic carbocycles. The molecule has 0 saturated carbocycles. The Labute approximate surface area is 130 Å². The number of sulfonamides is 1. The molecule has 0 aliphatic rings. The van der Waals surface area contributed by atoms with Gasteiger partial charge < -0.3 is 10.1 Å². The first-order chi connectivity index (χ1) is 8.89. The van der Waals surface area contributed by atoms with E-state index in [1.54, 1.807) is 12.1 Å². The highest BCUT2D eigenvalue weighted by molar-refractivity contribution is 9.11. The van der Waals surface area contributed by atoms with Gasteiger partial charge in [0.05, 0.1) is 23.0 Å². The second-order valence-corrected chi connectivity index (χ2v) is 7.29. The van der Waals surface area contributed by atoms with E-state index in [0.717, 1.165) is 11.0 Å². The minimum absolute atomic E-state index is 0.0195. The first-order valence-electron chi connectivity index (χ1n) is 5.64. The second-order valence-electron chi connectivity index (χ2n) is 3.74. The van der Waals surface area contributed by atoms with Crippen molar-refractivity contribution in [1.29, 1.82) is 0 Å². The van der Waals surface area contributed by atoms with Crippen molar-refractivity contribution in [2.24, 2.45) is 0 Å². The van der Waals surface area contributed by atoms with E-state index >= 15 is 0 Å². The number of hydrogen-bond donors (Lipinski definition) is 2. The van der Waals surface area contributed by atoms with Crippen LogP contribution in [0.1, 0.15) is 6.92 Å². The first kappa shape index (κ1) is 16.7. The lowest BCUT2D eigenvalue weighted by Gasteiger charge is -2.12. The van der Waals surface area contributed by atoms with Crippen molar-refractivity contribution in [3.05, 3.63) is 21.1 Å². The van der Waals surface area contributed by atoms with Gasteiger partial charge in [-0.2, -0.15) is 0 Å². The van der Waals surface area contributed by atoms with Crippen LogP contribution >= 0.6 is 31.9 Å². The van der Waals surface area contributed by atoms with Crippen LogP contribution in [0.2, 0.25) is 0 Å². The van der Waals surface area contributed by atoms with E-state index in [-0.39, 0.29) is 5.75 Å². The molecule has 5 nitrogen and oxygen atoms in total. The molecule has 0 saturated heterocycles. The Hall–Kier alpha value is -0.310. The lowest BCUT2D eigenvalue weighted by Crippen LogP contribution is -2.26. The van der Waals surface area contributed by atoms with Gasteiger partial charge in [-0.25, -0.2) is 8.42 Å². The van der Waals surface area contributed by atoms with Gasteiger partial charge in [0, 0.05) is 17.1 Å². The summed E-state index contributed by atoms with van der Waals surface area (Å²) >= 11 is 6.65. The molecule has 1 rings (SSSR count). The topological polar surface area (TPSA) is 67.4 Å². The summed E-state index contributed by atoms with van der Waals surface area (Å²) in [4.78, 5) is 0. The van der Waals surface area contributed by atoms with Gasteiger partial charge in [-0.1, -0.05) is 6.92 Å². The molecule has 8 heteroatoms. The fourth-order valence-electron chi connectivity index (χ4n) is 1.37. The zero-order chi connectivity index (χ0) is 14.5. The van der Waals surface area contributed by atoms with Crippen LogP contribution in [-0.4, -0.2) is 34.4 Å². The zero-order valence-corrected chi connectivity index (χ0v) is 14.7. The van der Waals surface area contributed by atoms with Crippen LogP contribution in [0.4, 0.5) is 5.69 Å². The maximum atomic E-state index is 11.9. The quantitative estimate of drug-likeness (QED) is 0.671. The Kier molecular flexibility index (Phi) is 6.58. The third-order valence-corrected chi connectivity index (χ3v) is 4.85. The van der Waals surface area contributed by atoms with Crippen molar-refractivity contribution in [1.82, 2.24) is 5.32 Å². The first-order valence-corrected chi connectivity index (χ1v) is 8.87. The lowest BCUT2D eigenvalue weighted by molar-refractivity contribution is 0.412. The molecule has 108 valence electrons. The molecule has 0 amide bonds. The summed E-state index contributed by atoms with van der Waals surface area (Å²) in [6, 6.07) is 3.36. The number of ether oxygens (including phenoxy) is 1. The highest BCUT2D eigenvalue weighted by atomic mass is 79.9. The van der Waals surface area contributed by atoms with Crippen molar-refractivity contribution in [3.63, 3.8) is 0 Å². The summed E-state index contributed by atoms with van der Waals surface area (Å²) in [6.45, 7) is 3.08. The summed E-state index contributed by atoms with van der Waals surface area (Å²) < 4.78 is 32.8. The van der Waals surface area contributed by atoms with E-state index in [0.29, 0.717) is 22.5 Å². The molecule has 0 aliphatic heterocycles. The normalized spacial score (nSPS) is 11.4. The second kappa shape index (κ2) is 7.47. The molecule has 1 aromatic rings. The van der Waals surface area contributed by atoms with Gasteiger partial charge in [0.15, 0.2) is 0 Å². The van der Waals surface area contributed by atoms with Crippen molar-refractivity contribution in [2.45, 2.75) is 6.92 Å². The van der Waals surface area contributed by atoms with Crippen molar-refractivity contribution < 1.29 is 13.2 Å². The fourth-order valence-corrected chi connectivity index (χ4v) is 3.77. The van der Waals surface area contributed by atoms with E-state index in [2.05, 4.69) is 41.9 Å². The highest BCUT2D eigenvalue weighted by Gasteiger charge is 2.14. The van der Waals surface area contributed by atoms with Gasteiger partial charge in [0.1, 0.15) is 5.75 Å². The summed E-state index contributed by atoms with van der Waals surface area (Å²) in [5.41, 5.74) is 0.455. The van der Waals surface area contributed by atoms with Crippen LogP contribution in [0.15, 0.2) is 21.1 Å². The summed E-state index contributed by atoms with van der Waals surface area (Å²) in [5, 5.41) is 2.97. The minimum Gasteiger partial charge on any atom is -0.495 e. The van der Waals surface area contributed by atoms with Crippen molar-refractivity contribution in [3.8, 4) is 5.75 Å². The molecule has 19 heavy (non-hydrogen) atoms. The molecule has 0 bridgehead atoms. The van der Waals surface area contributed by atoms with Crippen LogP contribution in [0.3, 0.4) is 0 Å². The molecule has 0 radical (unpaired) electrons. The molecule has 0 unspecified atom stereocenters. The van der Waals surface area contributed by atoms with Gasteiger partial charge >= 0.3 is 0 Å². The summed E-state index contributed by atoms with van der Waals surface area (Å²) in [7, 11) is -1.86. The third kappa shape index (κ3) is 5.29. The van der Waals surface area contributed by atoms with Gasteiger partial charge in [0.25, 0.3) is 0 Å². The maximum absolute atomic E-state index is 11.9. The Bertz CT molecular complexity index is 535. The highest BCUT2D eigenvalue weighted by Crippen LogP contribution is 2.34. The number of benzene rings is 1. The monoisotopic (exact) mass is 414 g/mol. The summed E-state index contributed by atoms with van der Waals surface area (Å²) in [5.74, 6) is 0.582. The minimum atomic E-state index is -3.38. The molecule has 2 N–H and O–H groups in total. The van der Waals surface area contributed by atoms with E-state index in [1.165, 1.54) is 7.11 Å². The smallest absolute Gasteiger partial charge is 0.234 e. The molecule has 0 fully saturated rings. The van der Waals surface area contributed by atoms with E-state index in [9.17, 15) is 8.42 Å². The van der Waals surface area contributed by atoms with Gasteiger partial charge in [0.2, 0.25) is 10.0 Å². The predicted molar refractivity (Wildman–Crippen MR) is 84.3 cm³/mol. The number of nitrogens with one attached hydrogen (secondary N) is 2. The SMILES string of the molecule is CCNCCS(=O)(=O)Nc1cc(OC)c(Br)cc1Br. The van der Waals surface area contributed by atoms with Gasteiger partial charge in [-0.15, -0.1) is 0 Å². The van der Waals surface area contributed by atoms with Crippen molar-refractivity contribution >= 4 is 47.6 Å². The van der Waals surface area contributed by atoms with Crippen LogP contribution in [0.25, 0.3) is 0 Å². The number of halogens is 2. The van der Waals surface area contributed by atoms with Crippen LogP contribution in [-0.2, 0) is 10.0 Å². The summed E-state index contributed by atoms with van der Waals surface area (Å²) in [6.07, 6.45) is 0. The Morgan fingerprint density at radius 3 is 2.53 bits per heavy atom. The molecule has 1 aromatic carbocycles. The van der Waals surface area contributed by atoms with E-state index < -0.39 is 10.0 Å². The Morgan fingerprint density at radius 2 is 1.95 bits per heavy atom. The number of rotatable bonds is 7. The van der Waals surface area contributed by atoms with Gasteiger partial charge in [-0.3, -0.25) is 4.72 Å². The standard InChI is InChI=1S/C11H16Br2N2O3S/c1-3-14-4-5-19(16,17)15-10-7-11(18-2)9(13)6-8(10)12/h6-7,14-15H,3-5H2,1-2H3. The number of hydrogen-bond acceptors (Lipinski definition) is 4. The zero-order valence-electron chi connectivity index (χ0n) is 10.7. The molecule has 0 aromatic heterocycles. The third-order valence-electron chi connectivity index (χ3n) is 2.30. The molecule has 0 atom stereocenters. The number of methoxy groups -OCH3 is 1. The Morgan fingerprint density at radius 1 is 1.26 bits per heavy atom. The molecule has 0 spiro atoms. The van der Waals surface area contributed by atoms with Crippen LogP contribution in [0, 0.1) is 0 Å². The number of anilines is 1. The largest absolute Gasteiger partial charge is 0.495 e. The Balaban J connectivity index is 2.87. The average molecular weight is 416 g/mol. The molecular formula is C11H16Br2N2O3S. The van der Waals surface area contributed by atoms with E-state index in [4.69, 9.17) is 4.74 Å². The maximum Gasteiger partial charge on any atom is 0.234 e. The lowest BCUT2D eigenvalue weighted by atomic mass is 10.3. The fraction of sp³-hybridized carbons (Fsp3) is 0.455. The van der Waals surface area contributed by atoms with Crippen LogP contribution in [0.5, 0.6) is 5.75 Å². The van der Waals surface area contributed by atoms with Crippen molar-refractivity contribution in [2.75, 3.05) is 30.7 Å². The molecular weight excluding hydrogens is 400 g/mol.